The molecule has 3 rings (SSSR count). The average molecular weight is 373 g/mol. The molecule has 0 aliphatic heterocycles. The van der Waals surface area contributed by atoms with Gasteiger partial charge in [0, 0.05) is 17.7 Å². The van der Waals surface area contributed by atoms with Crippen LogP contribution in [-0.2, 0) is 16.4 Å². The van der Waals surface area contributed by atoms with Gasteiger partial charge in [-0.1, -0.05) is 13.0 Å². The van der Waals surface area contributed by atoms with Gasteiger partial charge in [0.1, 0.15) is 5.52 Å². The molecule has 136 valence electrons. The lowest BCUT2D eigenvalue weighted by atomic mass is 10.1. The Bertz CT molecular complexity index is 1090. The van der Waals surface area contributed by atoms with Crippen molar-refractivity contribution in [1.29, 1.82) is 0 Å². The fourth-order valence-corrected chi connectivity index (χ4v) is 3.10. The number of rotatable bonds is 5. The minimum absolute atomic E-state index is 0.344. The zero-order chi connectivity index (χ0) is 18.9. The number of nitrogens with zero attached hydrogens (tertiary/aromatic N) is 1. The SMILES string of the molecule is CCc1nc2cc(NC(=O)c3ccc(C)c(NS(C)(=O)=O)c3)ccc2o1. The molecule has 0 bridgehead atoms. The van der Waals surface area contributed by atoms with Crippen molar-refractivity contribution in [2.45, 2.75) is 20.3 Å². The third-order valence-corrected chi connectivity index (χ3v) is 4.38. The highest BCUT2D eigenvalue weighted by Crippen LogP contribution is 2.22. The fraction of sp³-hybridized carbons (Fsp3) is 0.222. The molecule has 0 saturated carbocycles. The molecule has 0 aliphatic carbocycles. The Labute approximate surface area is 151 Å². The lowest BCUT2D eigenvalue weighted by Gasteiger charge is -2.10. The predicted molar refractivity (Wildman–Crippen MR) is 101 cm³/mol. The first-order valence-electron chi connectivity index (χ1n) is 8.04. The van der Waals surface area contributed by atoms with Crippen LogP contribution in [0, 0.1) is 6.92 Å². The van der Waals surface area contributed by atoms with Gasteiger partial charge in [-0.05, 0) is 42.8 Å². The second kappa shape index (κ2) is 6.80. The topological polar surface area (TPSA) is 101 Å². The van der Waals surface area contributed by atoms with Crippen LogP contribution in [0.15, 0.2) is 40.8 Å². The summed E-state index contributed by atoms with van der Waals surface area (Å²) in [5.41, 5.74) is 3.36. The van der Waals surface area contributed by atoms with Crippen LogP contribution >= 0.6 is 0 Å². The van der Waals surface area contributed by atoms with Gasteiger partial charge >= 0.3 is 0 Å². The van der Waals surface area contributed by atoms with E-state index in [9.17, 15) is 13.2 Å². The van der Waals surface area contributed by atoms with Gasteiger partial charge in [-0.25, -0.2) is 13.4 Å². The summed E-state index contributed by atoms with van der Waals surface area (Å²) in [6.45, 7) is 3.71. The maximum Gasteiger partial charge on any atom is 0.255 e. The van der Waals surface area contributed by atoms with Crippen LogP contribution in [0.3, 0.4) is 0 Å². The van der Waals surface area contributed by atoms with Crippen molar-refractivity contribution < 1.29 is 17.6 Å². The van der Waals surface area contributed by atoms with Crippen molar-refractivity contribution in [3.05, 3.63) is 53.4 Å². The third-order valence-electron chi connectivity index (χ3n) is 3.79. The van der Waals surface area contributed by atoms with E-state index in [-0.39, 0.29) is 5.91 Å². The zero-order valence-corrected chi connectivity index (χ0v) is 15.5. The second-order valence-corrected chi connectivity index (χ2v) is 7.75. The van der Waals surface area contributed by atoms with E-state index in [1.54, 1.807) is 37.3 Å². The van der Waals surface area contributed by atoms with Crippen molar-refractivity contribution in [3.8, 4) is 0 Å². The number of benzene rings is 2. The van der Waals surface area contributed by atoms with Gasteiger partial charge in [0.05, 0.1) is 11.9 Å². The first-order chi connectivity index (χ1) is 12.2. The highest BCUT2D eigenvalue weighted by molar-refractivity contribution is 7.92. The number of oxazole rings is 1. The van der Waals surface area contributed by atoms with Crippen LogP contribution in [0.5, 0.6) is 0 Å². The molecule has 26 heavy (non-hydrogen) atoms. The van der Waals surface area contributed by atoms with E-state index < -0.39 is 10.0 Å². The van der Waals surface area contributed by atoms with Crippen LogP contribution in [0.2, 0.25) is 0 Å². The standard InChI is InChI=1S/C18H19N3O4S/c1-4-17-20-15-10-13(7-8-16(15)25-17)19-18(22)12-6-5-11(2)14(9-12)21-26(3,23)24/h5-10,21H,4H2,1-3H3,(H,19,22). The quantitative estimate of drug-likeness (QED) is 0.714. The zero-order valence-electron chi connectivity index (χ0n) is 14.7. The molecule has 0 spiro atoms. The number of aryl methyl sites for hydroxylation is 2. The summed E-state index contributed by atoms with van der Waals surface area (Å²) in [7, 11) is -3.43. The maximum atomic E-state index is 12.5. The molecule has 0 fully saturated rings. The third kappa shape index (κ3) is 4.02. The van der Waals surface area contributed by atoms with E-state index in [1.807, 2.05) is 6.92 Å². The van der Waals surface area contributed by atoms with E-state index in [4.69, 9.17) is 4.42 Å². The van der Waals surface area contributed by atoms with Crippen molar-refractivity contribution in [1.82, 2.24) is 4.98 Å². The van der Waals surface area contributed by atoms with Crippen molar-refractivity contribution in [2.24, 2.45) is 0 Å². The first kappa shape index (κ1) is 17.9. The molecule has 1 heterocycles. The summed E-state index contributed by atoms with van der Waals surface area (Å²) in [6, 6.07) is 10.1. The monoisotopic (exact) mass is 373 g/mol. The normalized spacial score (nSPS) is 11.5. The lowest BCUT2D eigenvalue weighted by Crippen LogP contribution is -2.14. The molecular formula is C18H19N3O4S. The van der Waals surface area contributed by atoms with Crippen molar-refractivity contribution in [2.75, 3.05) is 16.3 Å². The Morgan fingerprint density at radius 1 is 1.19 bits per heavy atom. The average Bonchev–Trinajstić information content (AvgIpc) is 2.98. The van der Waals surface area contributed by atoms with E-state index in [0.717, 1.165) is 11.8 Å². The number of nitrogens with one attached hydrogen (secondary N) is 2. The molecular weight excluding hydrogens is 354 g/mol. The maximum absolute atomic E-state index is 12.5. The minimum Gasteiger partial charge on any atom is -0.441 e. The minimum atomic E-state index is -3.43. The molecule has 1 aromatic heterocycles. The first-order valence-corrected chi connectivity index (χ1v) is 9.93. The molecule has 3 aromatic rings. The summed E-state index contributed by atoms with van der Waals surface area (Å²) in [5, 5.41) is 2.79. The molecule has 1 amide bonds. The van der Waals surface area contributed by atoms with Crippen molar-refractivity contribution in [3.63, 3.8) is 0 Å². The number of carbonyl (C=O) groups is 1. The second-order valence-electron chi connectivity index (χ2n) is 6.00. The summed E-state index contributed by atoms with van der Waals surface area (Å²) in [4.78, 5) is 16.9. The Morgan fingerprint density at radius 3 is 2.65 bits per heavy atom. The molecule has 2 N–H and O–H groups in total. The van der Waals surface area contributed by atoms with E-state index in [0.29, 0.717) is 40.3 Å². The van der Waals surface area contributed by atoms with E-state index >= 15 is 0 Å². The Balaban J connectivity index is 1.84. The number of hydrogen-bond acceptors (Lipinski definition) is 5. The summed E-state index contributed by atoms with van der Waals surface area (Å²) in [6.07, 6.45) is 1.76. The predicted octanol–water partition coefficient (Wildman–Crippen LogP) is 3.32. The van der Waals surface area contributed by atoms with Gasteiger partial charge in [-0.3, -0.25) is 9.52 Å². The van der Waals surface area contributed by atoms with Gasteiger partial charge in [0.15, 0.2) is 11.5 Å². The van der Waals surface area contributed by atoms with Crippen LogP contribution in [0.4, 0.5) is 11.4 Å². The number of fused-ring (bicyclic) bond motifs is 1. The van der Waals surface area contributed by atoms with Gasteiger partial charge in [0.25, 0.3) is 5.91 Å². The van der Waals surface area contributed by atoms with Gasteiger partial charge in [0.2, 0.25) is 10.0 Å². The summed E-state index contributed by atoms with van der Waals surface area (Å²) < 4.78 is 30.9. The largest absolute Gasteiger partial charge is 0.441 e. The Kier molecular flexibility index (Phi) is 4.69. The van der Waals surface area contributed by atoms with Crippen LogP contribution in [-0.4, -0.2) is 25.6 Å². The van der Waals surface area contributed by atoms with Crippen LogP contribution in [0.1, 0.15) is 28.7 Å². The van der Waals surface area contributed by atoms with Gasteiger partial charge in [-0.2, -0.15) is 0 Å². The van der Waals surface area contributed by atoms with Gasteiger partial charge < -0.3 is 9.73 Å². The number of anilines is 2. The molecule has 0 radical (unpaired) electrons. The van der Waals surface area contributed by atoms with Gasteiger partial charge in [-0.15, -0.1) is 0 Å². The number of amides is 1. The van der Waals surface area contributed by atoms with Crippen molar-refractivity contribution >= 4 is 38.4 Å². The highest BCUT2D eigenvalue weighted by Gasteiger charge is 2.12. The summed E-state index contributed by atoms with van der Waals surface area (Å²) >= 11 is 0. The molecule has 0 atom stereocenters. The summed E-state index contributed by atoms with van der Waals surface area (Å²) in [5.74, 6) is 0.290. The smallest absolute Gasteiger partial charge is 0.255 e. The van der Waals surface area contributed by atoms with Crippen LogP contribution in [0.25, 0.3) is 11.1 Å². The number of hydrogen-bond donors (Lipinski definition) is 2. The molecule has 8 heteroatoms. The number of carbonyl (C=O) groups excluding carboxylic acids is 1. The Hall–Kier alpha value is -2.87. The lowest BCUT2D eigenvalue weighted by molar-refractivity contribution is 0.102. The molecule has 0 saturated heterocycles. The molecule has 0 aliphatic rings. The van der Waals surface area contributed by atoms with E-state index in [1.165, 1.54) is 6.07 Å². The fourth-order valence-electron chi connectivity index (χ4n) is 2.48. The highest BCUT2D eigenvalue weighted by atomic mass is 32.2. The molecule has 0 unspecified atom stereocenters. The Morgan fingerprint density at radius 2 is 1.96 bits per heavy atom. The van der Waals surface area contributed by atoms with Crippen LogP contribution < -0.4 is 10.0 Å². The molecule has 2 aromatic carbocycles. The van der Waals surface area contributed by atoms with E-state index in [2.05, 4.69) is 15.0 Å². The molecule has 7 nitrogen and oxygen atoms in total. The number of aromatic nitrogens is 1. The number of sulfonamides is 1.